The maximum atomic E-state index is 12.5. The summed E-state index contributed by atoms with van der Waals surface area (Å²) in [5.74, 6) is 1.90. The molecule has 0 saturated carbocycles. The molecule has 1 amide bonds. The molecule has 1 atom stereocenters. The van der Waals surface area contributed by atoms with Crippen LogP contribution in [-0.4, -0.2) is 42.7 Å². The normalized spacial score (nSPS) is 11.6. The molecule has 1 N–H and O–H groups in total. The van der Waals surface area contributed by atoms with E-state index in [1.165, 1.54) is 0 Å². The molecule has 0 saturated heterocycles. The summed E-state index contributed by atoms with van der Waals surface area (Å²) in [7, 11) is 4.68. The van der Waals surface area contributed by atoms with Crippen LogP contribution in [0.3, 0.4) is 0 Å². The Morgan fingerprint density at radius 1 is 1.03 bits per heavy atom. The van der Waals surface area contributed by atoms with E-state index in [-0.39, 0.29) is 11.1 Å². The van der Waals surface area contributed by atoms with E-state index in [0.29, 0.717) is 34.4 Å². The van der Waals surface area contributed by atoms with Crippen LogP contribution in [0.25, 0.3) is 11.5 Å². The van der Waals surface area contributed by atoms with Crippen molar-refractivity contribution in [1.82, 2.24) is 10.2 Å². The highest BCUT2D eigenvalue weighted by Crippen LogP contribution is 2.32. The zero-order valence-electron chi connectivity index (χ0n) is 16.5. The number of anilines is 1. The molecule has 8 nitrogen and oxygen atoms in total. The molecule has 9 heteroatoms. The molecule has 0 spiro atoms. The lowest BCUT2D eigenvalue weighted by Gasteiger charge is -2.12. The number of hydrogen-bond donors (Lipinski definition) is 1. The van der Waals surface area contributed by atoms with Gasteiger partial charge in [0.1, 0.15) is 17.2 Å². The van der Waals surface area contributed by atoms with Gasteiger partial charge in [0.2, 0.25) is 11.8 Å². The number of para-hydroxylation sites is 2. The van der Waals surface area contributed by atoms with Crippen LogP contribution in [0, 0.1) is 0 Å². The highest BCUT2D eigenvalue weighted by Gasteiger charge is 2.20. The molecule has 2 aromatic carbocycles. The number of hydrogen-bond acceptors (Lipinski definition) is 8. The second-order valence-electron chi connectivity index (χ2n) is 5.92. The number of benzene rings is 2. The second-order valence-corrected chi connectivity index (χ2v) is 7.22. The summed E-state index contributed by atoms with van der Waals surface area (Å²) in [5.41, 5.74) is 1.26. The summed E-state index contributed by atoms with van der Waals surface area (Å²) in [6, 6.07) is 12.5. The fraction of sp³-hybridized carbons (Fsp3) is 0.250. The minimum atomic E-state index is -0.465. The van der Waals surface area contributed by atoms with Crippen molar-refractivity contribution >= 4 is 23.4 Å². The Labute approximate surface area is 172 Å². The van der Waals surface area contributed by atoms with Crippen molar-refractivity contribution < 1.29 is 23.4 Å². The Hall–Kier alpha value is -3.20. The van der Waals surface area contributed by atoms with Gasteiger partial charge in [-0.2, -0.15) is 0 Å². The van der Waals surface area contributed by atoms with Gasteiger partial charge in [-0.25, -0.2) is 0 Å². The molecule has 0 aliphatic carbocycles. The number of nitrogens with zero attached hydrogens (tertiary/aromatic N) is 2. The number of methoxy groups -OCH3 is 3. The summed E-state index contributed by atoms with van der Waals surface area (Å²) in [5, 5.41) is 10.7. The molecule has 3 aromatic rings. The minimum absolute atomic E-state index is 0.206. The molecule has 0 unspecified atom stereocenters. The van der Waals surface area contributed by atoms with Crippen molar-refractivity contribution in [2.45, 2.75) is 17.4 Å². The second kappa shape index (κ2) is 9.33. The van der Waals surface area contributed by atoms with Crippen LogP contribution in [0.4, 0.5) is 5.69 Å². The first-order valence-corrected chi connectivity index (χ1v) is 9.59. The molecule has 29 heavy (non-hydrogen) atoms. The SMILES string of the molecule is COc1cc(OC)cc(-c2nnc(S[C@H](C)C(=O)Nc3ccccc3OC)o2)c1. The standard InChI is InChI=1S/C20H21N3O5S/c1-12(18(24)21-16-7-5-6-8-17(16)27-4)29-20-23-22-19(28-20)13-9-14(25-2)11-15(10-13)26-3/h5-12H,1-4H3,(H,21,24)/t12-/m1/s1. The van der Waals surface area contributed by atoms with Crippen LogP contribution in [0.2, 0.25) is 0 Å². The third kappa shape index (κ3) is 5.00. The smallest absolute Gasteiger partial charge is 0.277 e. The quantitative estimate of drug-likeness (QED) is 0.554. The largest absolute Gasteiger partial charge is 0.497 e. The van der Waals surface area contributed by atoms with Crippen molar-refractivity contribution in [1.29, 1.82) is 0 Å². The minimum Gasteiger partial charge on any atom is -0.497 e. The monoisotopic (exact) mass is 415 g/mol. The molecule has 0 aliphatic rings. The van der Waals surface area contributed by atoms with E-state index < -0.39 is 5.25 Å². The lowest BCUT2D eigenvalue weighted by molar-refractivity contribution is -0.115. The van der Waals surface area contributed by atoms with Gasteiger partial charge in [0.15, 0.2) is 0 Å². The Balaban J connectivity index is 1.70. The summed E-state index contributed by atoms with van der Waals surface area (Å²) in [6.45, 7) is 1.76. The average Bonchev–Trinajstić information content (AvgIpc) is 3.22. The Kier molecular flexibility index (Phi) is 6.61. The number of nitrogens with one attached hydrogen (secondary N) is 1. The van der Waals surface area contributed by atoms with Crippen molar-refractivity contribution in [3.63, 3.8) is 0 Å². The molecule has 1 aromatic heterocycles. The average molecular weight is 415 g/mol. The zero-order valence-corrected chi connectivity index (χ0v) is 17.3. The molecule has 152 valence electrons. The van der Waals surface area contributed by atoms with Gasteiger partial charge in [-0.05, 0) is 31.2 Å². The van der Waals surface area contributed by atoms with E-state index in [4.69, 9.17) is 18.6 Å². The lowest BCUT2D eigenvalue weighted by Crippen LogP contribution is -2.22. The first-order chi connectivity index (χ1) is 14.0. The number of ether oxygens (including phenoxy) is 3. The van der Waals surface area contributed by atoms with E-state index in [1.807, 2.05) is 12.1 Å². The third-order valence-electron chi connectivity index (χ3n) is 4.02. The van der Waals surface area contributed by atoms with Crippen LogP contribution in [0.15, 0.2) is 52.1 Å². The van der Waals surface area contributed by atoms with E-state index in [0.717, 1.165) is 11.8 Å². The lowest BCUT2D eigenvalue weighted by atomic mass is 10.2. The van der Waals surface area contributed by atoms with Crippen molar-refractivity contribution in [2.75, 3.05) is 26.6 Å². The fourth-order valence-electron chi connectivity index (χ4n) is 2.49. The first kappa shape index (κ1) is 20.5. The van der Waals surface area contributed by atoms with Gasteiger partial charge in [-0.3, -0.25) is 4.79 Å². The van der Waals surface area contributed by atoms with Crippen LogP contribution >= 0.6 is 11.8 Å². The molecule has 3 rings (SSSR count). The fourth-order valence-corrected chi connectivity index (χ4v) is 3.18. The Morgan fingerprint density at radius 2 is 1.72 bits per heavy atom. The topological polar surface area (TPSA) is 95.7 Å². The zero-order chi connectivity index (χ0) is 20.8. The van der Waals surface area contributed by atoms with Gasteiger partial charge in [0.05, 0.1) is 32.3 Å². The maximum absolute atomic E-state index is 12.5. The molecular formula is C20H21N3O5S. The highest BCUT2D eigenvalue weighted by atomic mass is 32.2. The van der Waals surface area contributed by atoms with Crippen LogP contribution < -0.4 is 19.5 Å². The molecule has 0 fully saturated rings. The van der Waals surface area contributed by atoms with Gasteiger partial charge >= 0.3 is 0 Å². The van der Waals surface area contributed by atoms with E-state index in [1.54, 1.807) is 58.6 Å². The van der Waals surface area contributed by atoms with E-state index in [2.05, 4.69) is 15.5 Å². The van der Waals surface area contributed by atoms with Gasteiger partial charge < -0.3 is 23.9 Å². The number of aromatic nitrogens is 2. The first-order valence-electron chi connectivity index (χ1n) is 8.71. The van der Waals surface area contributed by atoms with Crippen molar-refractivity contribution in [3.05, 3.63) is 42.5 Å². The van der Waals surface area contributed by atoms with Gasteiger partial charge in [0, 0.05) is 11.6 Å². The molecule has 1 heterocycles. The van der Waals surface area contributed by atoms with E-state index in [9.17, 15) is 4.79 Å². The van der Waals surface area contributed by atoms with Gasteiger partial charge in [0.25, 0.3) is 5.22 Å². The Bertz CT molecular complexity index is 970. The summed E-state index contributed by atoms with van der Waals surface area (Å²) in [6.07, 6.45) is 0. The molecule has 0 aliphatic heterocycles. The number of thioether (sulfide) groups is 1. The number of carbonyl (C=O) groups is 1. The molecule has 0 radical (unpaired) electrons. The predicted molar refractivity (Wildman–Crippen MR) is 110 cm³/mol. The summed E-state index contributed by atoms with van der Waals surface area (Å²) >= 11 is 1.16. The third-order valence-corrected chi connectivity index (χ3v) is 4.95. The molecular weight excluding hydrogens is 394 g/mol. The highest BCUT2D eigenvalue weighted by molar-refractivity contribution is 8.00. The number of rotatable bonds is 8. The van der Waals surface area contributed by atoms with Crippen LogP contribution in [0.1, 0.15) is 6.92 Å². The summed E-state index contributed by atoms with van der Waals surface area (Å²) < 4.78 is 21.5. The number of carbonyl (C=O) groups excluding carboxylic acids is 1. The van der Waals surface area contributed by atoms with Crippen LogP contribution in [-0.2, 0) is 4.79 Å². The van der Waals surface area contributed by atoms with Crippen molar-refractivity contribution in [3.8, 4) is 28.7 Å². The maximum Gasteiger partial charge on any atom is 0.277 e. The predicted octanol–water partition coefficient (Wildman–Crippen LogP) is 3.88. The Morgan fingerprint density at radius 3 is 2.38 bits per heavy atom. The van der Waals surface area contributed by atoms with Gasteiger partial charge in [-0.1, -0.05) is 23.9 Å². The van der Waals surface area contributed by atoms with E-state index >= 15 is 0 Å². The molecule has 0 bridgehead atoms. The van der Waals surface area contributed by atoms with Gasteiger partial charge in [-0.15, -0.1) is 10.2 Å². The van der Waals surface area contributed by atoms with Crippen LogP contribution in [0.5, 0.6) is 17.2 Å². The van der Waals surface area contributed by atoms with Crippen molar-refractivity contribution in [2.24, 2.45) is 0 Å². The number of amides is 1. The summed E-state index contributed by atoms with van der Waals surface area (Å²) in [4.78, 5) is 12.5.